The Morgan fingerprint density at radius 2 is 2.08 bits per heavy atom. The lowest BCUT2D eigenvalue weighted by Gasteiger charge is -2.35. The van der Waals surface area contributed by atoms with Crippen LogP contribution in [0, 0.1) is 0 Å². The molecule has 24 heavy (non-hydrogen) atoms. The number of piperazine rings is 1. The third kappa shape index (κ3) is 4.24. The second-order valence-electron chi connectivity index (χ2n) is 6.71. The van der Waals surface area contributed by atoms with E-state index in [0.717, 1.165) is 64.5 Å². The summed E-state index contributed by atoms with van der Waals surface area (Å²) in [6.07, 6.45) is 4.76. The van der Waals surface area contributed by atoms with Gasteiger partial charge in [-0.15, -0.1) is 0 Å². The number of nitrogens with zero attached hydrogens (tertiary/aromatic N) is 4. The number of carbonyl (C=O) groups excluding carboxylic acids is 1. The summed E-state index contributed by atoms with van der Waals surface area (Å²) in [5.74, 6) is 1.38. The highest BCUT2D eigenvalue weighted by Crippen LogP contribution is 2.18. The van der Waals surface area contributed by atoms with Gasteiger partial charge < -0.3 is 15.1 Å². The van der Waals surface area contributed by atoms with Crippen LogP contribution in [0.15, 0.2) is 24.4 Å². The number of aromatic nitrogens is 1. The smallest absolute Gasteiger partial charge is 0.224 e. The minimum Gasteiger partial charge on any atom is -0.354 e. The van der Waals surface area contributed by atoms with E-state index in [1.165, 1.54) is 0 Å². The van der Waals surface area contributed by atoms with E-state index in [1.807, 2.05) is 25.4 Å². The fourth-order valence-electron chi connectivity index (χ4n) is 3.75. The monoisotopic (exact) mass is 331 g/mol. The first-order valence-electron chi connectivity index (χ1n) is 9.10. The van der Waals surface area contributed by atoms with Gasteiger partial charge in [-0.2, -0.15) is 0 Å². The molecule has 2 fully saturated rings. The van der Waals surface area contributed by atoms with E-state index in [2.05, 4.69) is 31.1 Å². The maximum absolute atomic E-state index is 12.5. The number of pyridine rings is 1. The van der Waals surface area contributed by atoms with E-state index in [9.17, 15) is 4.79 Å². The SMILES string of the molecule is CNCC1CCCN1C(=O)CCN1CCN(c2ccccn2)CC1. The van der Waals surface area contributed by atoms with Crippen molar-refractivity contribution < 1.29 is 4.79 Å². The average molecular weight is 331 g/mol. The maximum Gasteiger partial charge on any atom is 0.224 e. The van der Waals surface area contributed by atoms with Crippen molar-refractivity contribution in [2.45, 2.75) is 25.3 Å². The van der Waals surface area contributed by atoms with Gasteiger partial charge in [-0.25, -0.2) is 4.98 Å². The minimum absolute atomic E-state index is 0.319. The van der Waals surface area contributed by atoms with Crippen molar-refractivity contribution in [2.24, 2.45) is 0 Å². The molecule has 0 spiro atoms. The number of carbonyl (C=O) groups is 1. The zero-order valence-electron chi connectivity index (χ0n) is 14.7. The Kier molecular flexibility index (Phi) is 6.04. The molecule has 2 aliphatic heterocycles. The first-order chi connectivity index (χ1) is 11.8. The van der Waals surface area contributed by atoms with Crippen molar-refractivity contribution in [1.29, 1.82) is 0 Å². The zero-order chi connectivity index (χ0) is 16.8. The maximum atomic E-state index is 12.5. The minimum atomic E-state index is 0.319. The number of likely N-dealkylation sites (tertiary alicyclic amines) is 1. The molecular formula is C18H29N5O. The average Bonchev–Trinajstić information content (AvgIpc) is 3.10. The quantitative estimate of drug-likeness (QED) is 0.836. The lowest BCUT2D eigenvalue weighted by atomic mass is 10.2. The lowest BCUT2D eigenvalue weighted by molar-refractivity contribution is -0.132. The van der Waals surface area contributed by atoms with Gasteiger partial charge >= 0.3 is 0 Å². The van der Waals surface area contributed by atoms with Crippen LogP contribution in [-0.2, 0) is 4.79 Å². The molecule has 0 aliphatic carbocycles. The van der Waals surface area contributed by atoms with E-state index in [1.54, 1.807) is 0 Å². The molecule has 1 N–H and O–H groups in total. The van der Waals surface area contributed by atoms with E-state index >= 15 is 0 Å². The van der Waals surface area contributed by atoms with Crippen LogP contribution in [0.1, 0.15) is 19.3 Å². The summed E-state index contributed by atoms with van der Waals surface area (Å²) in [7, 11) is 1.96. The summed E-state index contributed by atoms with van der Waals surface area (Å²) in [5, 5.41) is 3.20. The highest BCUT2D eigenvalue weighted by Gasteiger charge is 2.28. The largest absolute Gasteiger partial charge is 0.354 e. The first-order valence-corrected chi connectivity index (χ1v) is 9.10. The van der Waals surface area contributed by atoms with Gasteiger partial charge in [0.2, 0.25) is 5.91 Å². The molecule has 2 aliphatic rings. The zero-order valence-corrected chi connectivity index (χ0v) is 14.7. The van der Waals surface area contributed by atoms with Crippen LogP contribution < -0.4 is 10.2 Å². The molecule has 0 radical (unpaired) electrons. The van der Waals surface area contributed by atoms with Crippen molar-refractivity contribution >= 4 is 11.7 Å². The summed E-state index contributed by atoms with van der Waals surface area (Å²) in [6.45, 7) is 6.69. The molecule has 1 aromatic rings. The Morgan fingerprint density at radius 1 is 1.25 bits per heavy atom. The van der Waals surface area contributed by atoms with Gasteiger partial charge in [-0.3, -0.25) is 9.69 Å². The number of hydrogen-bond donors (Lipinski definition) is 1. The Labute approximate surface area is 144 Å². The molecule has 1 atom stereocenters. The van der Waals surface area contributed by atoms with Gasteiger partial charge in [0.15, 0.2) is 0 Å². The second kappa shape index (κ2) is 8.44. The van der Waals surface area contributed by atoms with Crippen LogP contribution in [-0.4, -0.2) is 79.6 Å². The van der Waals surface area contributed by atoms with Crippen LogP contribution in [0.5, 0.6) is 0 Å². The Balaban J connectivity index is 1.41. The predicted molar refractivity (Wildman–Crippen MR) is 96.2 cm³/mol. The van der Waals surface area contributed by atoms with E-state index < -0.39 is 0 Å². The summed E-state index contributed by atoms with van der Waals surface area (Å²) in [6, 6.07) is 6.44. The predicted octanol–water partition coefficient (Wildman–Crippen LogP) is 0.804. The van der Waals surface area contributed by atoms with Crippen LogP contribution in [0.25, 0.3) is 0 Å². The van der Waals surface area contributed by atoms with Crippen LogP contribution >= 0.6 is 0 Å². The van der Waals surface area contributed by atoms with Crippen molar-refractivity contribution in [3.63, 3.8) is 0 Å². The molecule has 3 heterocycles. The highest BCUT2D eigenvalue weighted by atomic mass is 16.2. The molecule has 6 nitrogen and oxygen atoms in total. The molecule has 6 heteroatoms. The number of hydrogen-bond acceptors (Lipinski definition) is 5. The molecule has 3 rings (SSSR count). The van der Waals surface area contributed by atoms with Gasteiger partial charge in [-0.05, 0) is 32.0 Å². The van der Waals surface area contributed by atoms with Crippen molar-refractivity contribution in [1.82, 2.24) is 20.1 Å². The topological polar surface area (TPSA) is 51.7 Å². The van der Waals surface area contributed by atoms with Crippen LogP contribution in [0.2, 0.25) is 0 Å². The van der Waals surface area contributed by atoms with E-state index in [-0.39, 0.29) is 0 Å². The molecule has 0 saturated carbocycles. The van der Waals surface area contributed by atoms with Gasteiger partial charge in [0.25, 0.3) is 0 Å². The van der Waals surface area contributed by atoms with Gasteiger partial charge in [0.05, 0.1) is 0 Å². The Hall–Kier alpha value is -1.66. The molecule has 2 saturated heterocycles. The van der Waals surface area contributed by atoms with Crippen LogP contribution in [0.4, 0.5) is 5.82 Å². The first kappa shape index (κ1) is 17.2. The Bertz CT molecular complexity index is 515. The Morgan fingerprint density at radius 3 is 2.79 bits per heavy atom. The molecular weight excluding hydrogens is 302 g/mol. The normalized spacial score (nSPS) is 22.1. The van der Waals surface area contributed by atoms with Gasteiger partial charge in [0.1, 0.15) is 5.82 Å². The summed E-state index contributed by atoms with van der Waals surface area (Å²) in [4.78, 5) is 23.7. The molecule has 1 aromatic heterocycles. The summed E-state index contributed by atoms with van der Waals surface area (Å²) in [5.41, 5.74) is 0. The molecule has 132 valence electrons. The number of nitrogens with one attached hydrogen (secondary N) is 1. The highest BCUT2D eigenvalue weighted by molar-refractivity contribution is 5.77. The van der Waals surface area contributed by atoms with Gasteiger partial charge in [0, 0.05) is 64.5 Å². The number of likely N-dealkylation sites (N-methyl/N-ethyl adjacent to an activating group) is 1. The molecule has 0 aromatic carbocycles. The van der Waals surface area contributed by atoms with E-state index in [4.69, 9.17) is 0 Å². The third-order valence-corrected chi connectivity index (χ3v) is 5.12. The van der Waals surface area contributed by atoms with Crippen LogP contribution in [0.3, 0.4) is 0 Å². The third-order valence-electron chi connectivity index (χ3n) is 5.12. The van der Waals surface area contributed by atoms with Gasteiger partial charge in [-0.1, -0.05) is 6.07 Å². The molecule has 1 unspecified atom stereocenters. The fourth-order valence-corrected chi connectivity index (χ4v) is 3.75. The van der Waals surface area contributed by atoms with Crippen molar-refractivity contribution in [2.75, 3.05) is 57.8 Å². The molecule has 1 amide bonds. The van der Waals surface area contributed by atoms with Crippen molar-refractivity contribution in [3.05, 3.63) is 24.4 Å². The standard InChI is InChI=1S/C18H29N5O/c1-19-15-16-5-4-9-23(16)18(24)7-10-21-11-13-22(14-12-21)17-6-2-3-8-20-17/h2-3,6,8,16,19H,4-5,7,9-15H2,1H3. The number of rotatable bonds is 6. The van der Waals surface area contributed by atoms with E-state index in [0.29, 0.717) is 18.4 Å². The fraction of sp³-hybridized carbons (Fsp3) is 0.667. The lowest BCUT2D eigenvalue weighted by Crippen LogP contribution is -2.48. The summed E-state index contributed by atoms with van der Waals surface area (Å²) < 4.78 is 0. The summed E-state index contributed by atoms with van der Waals surface area (Å²) >= 11 is 0. The van der Waals surface area contributed by atoms with Crippen molar-refractivity contribution in [3.8, 4) is 0 Å². The molecule has 0 bridgehead atoms. The number of anilines is 1. The number of amides is 1. The second-order valence-corrected chi connectivity index (χ2v) is 6.71.